The lowest BCUT2D eigenvalue weighted by molar-refractivity contribution is -0.223. The molecule has 0 unspecified atom stereocenters. The van der Waals surface area contributed by atoms with Crippen molar-refractivity contribution in [2.45, 2.75) is 50.0 Å². The Morgan fingerprint density at radius 3 is 2.58 bits per heavy atom. The second-order valence-corrected chi connectivity index (χ2v) is 9.08. The van der Waals surface area contributed by atoms with Gasteiger partial charge in [0.2, 0.25) is 0 Å². The molecular formula is C24H30N4O5. The van der Waals surface area contributed by atoms with E-state index < -0.39 is 11.7 Å². The summed E-state index contributed by atoms with van der Waals surface area (Å²) >= 11 is 0. The summed E-state index contributed by atoms with van der Waals surface area (Å²) in [5.41, 5.74) is 2.72. The topological polar surface area (TPSA) is 120 Å². The summed E-state index contributed by atoms with van der Waals surface area (Å²) in [4.78, 5) is 15.4. The van der Waals surface area contributed by atoms with E-state index in [1.165, 1.54) is 0 Å². The van der Waals surface area contributed by atoms with Gasteiger partial charge < -0.3 is 20.1 Å². The zero-order chi connectivity index (χ0) is 23.5. The van der Waals surface area contributed by atoms with Crippen molar-refractivity contribution in [2.75, 3.05) is 19.7 Å². The smallest absolute Gasteiger partial charge is 0.290 e. The van der Waals surface area contributed by atoms with Gasteiger partial charge in [-0.25, -0.2) is 9.50 Å². The van der Waals surface area contributed by atoms with Gasteiger partial charge in [-0.3, -0.25) is 9.69 Å². The zero-order valence-electron chi connectivity index (χ0n) is 18.7. The number of aromatic nitrogens is 3. The highest BCUT2D eigenvalue weighted by atomic mass is 16.5. The molecule has 2 fully saturated rings. The molecule has 1 spiro atoms. The largest absolute Gasteiger partial charge is 0.483 e. The van der Waals surface area contributed by atoms with E-state index in [1.807, 2.05) is 35.1 Å². The average Bonchev–Trinajstić information content (AvgIpc) is 3.23. The third-order valence-electron chi connectivity index (χ3n) is 6.61. The Morgan fingerprint density at radius 2 is 1.91 bits per heavy atom. The van der Waals surface area contributed by atoms with E-state index in [-0.39, 0.29) is 18.7 Å². The van der Waals surface area contributed by atoms with E-state index in [1.54, 1.807) is 6.92 Å². The number of fused-ring (bicyclic) bond motifs is 1. The third kappa shape index (κ3) is 5.06. The van der Waals surface area contributed by atoms with Crippen LogP contribution in [0, 0.1) is 0 Å². The summed E-state index contributed by atoms with van der Waals surface area (Å²) in [5, 5.41) is 31.8. The normalized spacial score (nSPS) is 24.9. The fourth-order valence-corrected chi connectivity index (χ4v) is 4.77. The highest BCUT2D eigenvalue weighted by Crippen LogP contribution is 2.39. The Bertz CT molecular complexity index is 1080. The number of nitrogens with zero attached hydrogens (tertiary/aromatic N) is 4. The molecule has 0 saturated carbocycles. The molecule has 9 nitrogen and oxygen atoms in total. The van der Waals surface area contributed by atoms with Crippen LogP contribution in [0.15, 0.2) is 48.9 Å². The van der Waals surface area contributed by atoms with Crippen LogP contribution in [0.2, 0.25) is 0 Å². The number of piperidine rings is 1. The van der Waals surface area contributed by atoms with Crippen molar-refractivity contribution in [1.82, 2.24) is 19.5 Å². The Morgan fingerprint density at radius 1 is 1.21 bits per heavy atom. The first-order valence-corrected chi connectivity index (χ1v) is 11.1. The van der Waals surface area contributed by atoms with Gasteiger partial charge in [0.15, 0.2) is 5.65 Å². The van der Waals surface area contributed by atoms with Crippen molar-refractivity contribution < 1.29 is 24.9 Å². The van der Waals surface area contributed by atoms with Gasteiger partial charge in [-0.1, -0.05) is 30.3 Å². The first-order valence-electron chi connectivity index (χ1n) is 11.1. The predicted octanol–water partition coefficient (Wildman–Crippen LogP) is 1.96. The van der Waals surface area contributed by atoms with Crippen LogP contribution >= 0.6 is 0 Å². The summed E-state index contributed by atoms with van der Waals surface area (Å²) in [6.07, 6.45) is 7.24. The number of carbonyl (C=O) groups is 1. The van der Waals surface area contributed by atoms with Gasteiger partial charge in [0.25, 0.3) is 6.47 Å². The van der Waals surface area contributed by atoms with Crippen LogP contribution in [0.3, 0.4) is 0 Å². The molecule has 2 atom stereocenters. The van der Waals surface area contributed by atoms with Crippen molar-refractivity contribution in [3.05, 3.63) is 54.5 Å². The Kier molecular flexibility index (Phi) is 6.76. The van der Waals surface area contributed by atoms with Gasteiger partial charge in [-0.2, -0.15) is 5.10 Å². The molecule has 4 heterocycles. The van der Waals surface area contributed by atoms with Crippen LogP contribution in [0.25, 0.3) is 16.8 Å². The van der Waals surface area contributed by atoms with Crippen molar-refractivity contribution in [2.24, 2.45) is 0 Å². The number of hydrogen-bond donors (Lipinski definition) is 3. The molecule has 0 aliphatic carbocycles. The maximum Gasteiger partial charge on any atom is 0.290 e. The molecule has 176 valence electrons. The molecule has 0 radical (unpaired) electrons. The van der Waals surface area contributed by atoms with E-state index in [0.717, 1.165) is 54.8 Å². The molecule has 2 aliphatic rings. The van der Waals surface area contributed by atoms with Crippen molar-refractivity contribution in [1.29, 1.82) is 0 Å². The van der Waals surface area contributed by atoms with Crippen LogP contribution in [0.4, 0.5) is 0 Å². The molecule has 2 saturated heterocycles. The monoisotopic (exact) mass is 454 g/mol. The number of hydrogen-bond acceptors (Lipinski definition) is 7. The Labute approximate surface area is 192 Å². The number of rotatable bonds is 3. The Balaban J connectivity index is 0.000000821. The minimum Gasteiger partial charge on any atom is -0.483 e. The molecule has 9 heteroatoms. The van der Waals surface area contributed by atoms with Gasteiger partial charge in [0.05, 0.1) is 24.0 Å². The van der Waals surface area contributed by atoms with Crippen LogP contribution in [-0.4, -0.2) is 78.3 Å². The lowest BCUT2D eigenvalue weighted by Crippen LogP contribution is -2.59. The molecule has 2 aromatic heterocycles. The van der Waals surface area contributed by atoms with Crippen LogP contribution in [-0.2, 0) is 16.1 Å². The zero-order valence-corrected chi connectivity index (χ0v) is 18.7. The standard InChI is InChI=1S/C23H28N4O3.CH2O2/c1-22(29)16-23(30-15-20(22)28)7-9-26(10-8-23)13-17-11-24-21-19(12-25-27(21)14-17)18-5-3-2-4-6-18;2-1-3/h2-6,11-12,14,20,28-29H,7-10,13,15-16H2,1H3;1H,(H,2,3)/t20-,22-;/m0./s1. The predicted molar refractivity (Wildman–Crippen MR) is 122 cm³/mol. The van der Waals surface area contributed by atoms with E-state index in [4.69, 9.17) is 14.6 Å². The van der Waals surface area contributed by atoms with Gasteiger partial charge in [-0.15, -0.1) is 0 Å². The number of ether oxygens (including phenoxy) is 1. The van der Waals surface area contributed by atoms with Crippen molar-refractivity contribution >= 4 is 12.1 Å². The van der Waals surface area contributed by atoms with Crippen molar-refractivity contribution in [3.8, 4) is 11.1 Å². The second kappa shape index (κ2) is 9.56. The van der Waals surface area contributed by atoms with Gasteiger partial charge >= 0.3 is 0 Å². The highest BCUT2D eigenvalue weighted by molar-refractivity contribution is 5.76. The molecule has 0 bridgehead atoms. The first kappa shape index (κ1) is 23.3. The van der Waals surface area contributed by atoms with Crippen molar-refractivity contribution in [3.63, 3.8) is 0 Å². The van der Waals surface area contributed by atoms with Crippen LogP contribution < -0.4 is 0 Å². The molecule has 1 aromatic carbocycles. The lowest BCUT2D eigenvalue weighted by atomic mass is 9.76. The SMILES string of the molecule is C[C@]1(O)CC2(CCN(Cc3cnc4c(-c5ccccc5)cnn4c3)CC2)OC[C@@H]1O.O=CO. The fourth-order valence-electron chi connectivity index (χ4n) is 4.77. The van der Waals surface area contributed by atoms with E-state index in [9.17, 15) is 10.2 Å². The summed E-state index contributed by atoms with van der Waals surface area (Å²) < 4.78 is 7.85. The highest BCUT2D eigenvalue weighted by Gasteiger charge is 2.48. The van der Waals surface area contributed by atoms with Gasteiger partial charge in [0.1, 0.15) is 6.10 Å². The first-order chi connectivity index (χ1) is 15.9. The third-order valence-corrected chi connectivity index (χ3v) is 6.61. The number of aliphatic hydroxyl groups is 2. The number of benzene rings is 1. The minimum atomic E-state index is -1.08. The van der Waals surface area contributed by atoms with Crippen LogP contribution in [0.1, 0.15) is 31.7 Å². The lowest BCUT2D eigenvalue weighted by Gasteiger charge is -2.49. The number of aliphatic hydroxyl groups excluding tert-OH is 1. The number of likely N-dealkylation sites (tertiary alicyclic amines) is 1. The van der Waals surface area contributed by atoms with E-state index >= 15 is 0 Å². The van der Waals surface area contributed by atoms with Crippen LogP contribution in [0.5, 0.6) is 0 Å². The maximum atomic E-state index is 10.5. The molecule has 3 N–H and O–H groups in total. The van der Waals surface area contributed by atoms with E-state index in [0.29, 0.717) is 6.42 Å². The van der Waals surface area contributed by atoms with Gasteiger partial charge in [-0.05, 0) is 25.3 Å². The second-order valence-electron chi connectivity index (χ2n) is 9.08. The van der Waals surface area contributed by atoms with E-state index in [2.05, 4.69) is 33.3 Å². The molecule has 5 rings (SSSR count). The summed E-state index contributed by atoms with van der Waals surface area (Å²) in [6, 6.07) is 10.2. The summed E-state index contributed by atoms with van der Waals surface area (Å²) in [7, 11) is 0. The average molecular weight is 455 g/mol. The molecule has 3 aromatic rings. The molecular weight excluding hydrogens is 424 g/mol. The quantitative estimate of drug-likeness (QED) is 0.514. The fraction of sp³-hybridized carbons (Fsp3) is 0.458. The summed E-state index contributed by atoms with van der Waals surface area (Å²) in [6.45, 7) is 4.25. The Hall–Kier alpha value is -2.85. The maximum absolute atomic E-state index is 10.5. The minimum absolute atomic E-state index is 0.205. The molecule has 0 amide bonds. The van der Waals surface area contributed by atoms with Gasteiger partial charge in [0, 0.05) is 49.6 Å². The molecule has 2 aliphatic heterocycles. The summed E-state index contributed by atoms with van der Waals surface area (Å²) in [5.74, 6) is 0. The molecule has 33 heavy (non-hydrogen) atoms. The number of carboxylic acid groups (broad SMARTS) is 1.